The van der Waals surface area contributed by atoms with Gasteiger partial charge in [-0.1, -0.05) is 53.7 Å². The SMILES string of the molecule is Cc1cc(Nc2ccc(NC(=O)c3ccc(C(C)(C)C)cc3)cc2)nc(C(C)(C)C)n1. The van der Waals surface area contributed by atoms with Crippen molar-refractivity contribution in [2.45, 2.75) is 59.3 Å². The molecule has 1 amide bonds. The van der Waals surface area contributed by atoms with Crippen LogP contribution in [0.15, 0.2) is 54.6 Å². The fourth-order valence-corrected chi connectivity index (χ4v) is 3.08. The average molecular weight is 417 g/mol. The normalized spacial score (nSPS) is 11.8. The monoisotopic (exact) mass is 416 g/mol. The summed E-state index contributed by atoms with van der Waals surface area (Å²) in [7, 11) is 0. The fourth-order valence-electron chi connectivity index (χ4n) is 3.08. The summed E-state index contributed by atoms with van der Waals surface area (Å²) in [6, 6.07) is 17.3. The summed E-state index contributed by atoms with van der Waals surface area (Å²) in [6.45, 7) is 14.7. The first-order valence-corrected chi connectivity index (χ1v) is 10.6. The van der Waals surface area contributed by atoms with Crippen LogP contribution in [0.5, 0.6) is 0 Å². The van der Waals surface area contributed by atoms with Crippen molar-refractivity contribution in [2.75, 3.05) is 10.6 Å². The Morgan fingerprint density at radius 2 is 1.35 bits per heavy atom. The predicted molar refractivity (Wildman–Crippen MR) is 128 cm³/mol. The molecule has 2 aromatic carbocycles. The first kappa shape index (κ1) is 22.5. The Morgan fingerprint density at radius 3 is 1.90 bits per heavy atom. The van der Waals surface area contributed by atoms with Gasteiger partial charge in [0.05, 0.1) is 0 Å². The highest BCUT2D eigenvalue weighted by atomic mass is 16.1. The fraction of sp³-hybridized carbons (Fsp3) is 0.346. The number of nitrogens with zero attached hydrogens (tertiary/aromatic N) is 2. The number of carbonyl (C=O) groups is 1. The van der Waals surface area contributed by atoms with Crippen LogP contribution in [0.2, 0.25) is 0 Å². The molecular formula is C26H32N4O. The summed E-state index contributed by atoms with van der Waals surface area (Å²) in [6.07, 6.45) is 0. The van der Waals surface area contributed by atoms with Crippen LogP contribution >= 0.6 is 0 Å². The lowest BCUT2D eigenvalue weighted by molar-refractivity contribution is 0.102. The van der Waals surface area contributed by atoms with Crippen molar-refractivity contribution in [2.24, 2.45) is 0 Å². The lowest BCUT2D eigenvalue weighted by Crippen LogP contribution is -2.17. The Balaban J connectivity index is 1.68. The van der Waals surface area contributed by atoms with E-state index in [1.807, 2.05) is 61.5 Å². The average Bonchev–Trinajstić information content (AvgIpc) is 2.68. The maximum atomic E-state index is 12.6. The molecule has 1 heterocycles. The molecule has 2 N–H and O–H groups in total. The minimum absolute atomic E-state index is 0.0632. The third-order valence-electron chi connectivity index (χ3n) is 4.95. The molecule has 0 atom stereocenters. The lowest BCUT2D eigenvalue weighted by Gasteiger charge is -2.19. The van der Waals surface area contributed by atoms with E-state index in [1.54, 1.807) is 0 Å². The Bertz CT molecular complexity index is 1060. The third kappa shape index (κ3) is 5.91. The summed E-state index contributed by atoms with van der Waals surface area (Å²) in [5.41, 5.74) is 4.34. The van der Waals surface area contributed by atoms with E-state index in [4.69, 9.17) is 0 Å². The van der Waals surface area contributed by atoms with Crippen LogP contribution in [0.25, 0.3) is 0 Å². The van der Waals surface area contributed by atoms with Crippen LogP contribution in [-0.4, -0.2) is 15.9 Å². The summed E-state index contributed by atoms with van der Waals surface area (Å²) >= 11 is 0. The van der Waals surface area contributed by atoms with E-state index in [0.29, 0.717) is 5.56 Å². The van der Waals surface area contributed by atoms with E-state index in [0.717, 1.165) is 28.7 Å². The molecule has 5 heteroatoms. The van der Waals surface area contributed by atoms with Crippen LogP contribution < -0.4 is 10.6 Å². The molecule has 0 aliphatic rings. The summed E-state index contributed by atoms with van der Waals surface area (Å²) < 4.78 is 0. The summed E-state index contributed by atoms with van der Waals surface area (Å²) in [4.78, 5) is 21.8. The number of rotatable bonds is 4. The van der Waals surface area contributed by atoms with Crippen molar-refractivity contribution in [1.82, 2.24) is 9.97 Å². The van der Waals surface area contributed by atoms with E-state index in [9.17, 15) is 4.79 Å². The first-order chi connectivity index (χ1) is 14.4. The van der Waals surface area contributed by atoms with Crippen LogP contribution in [0.4, 0.5) is 17.2 Å². The van der Waals surface area contributed by atoms with Crippen LogP contribution in [-0.2, 0) is 10.8 Å². The zero-order chi connectivity index (χ0) is 22.8. The molecule has 31 heavy (non-hydrogen) atoms. The molecule has 5 nitrogen and oxygen atoms in total. The van der Waals surface area contributed by atoms with Gasteiger partial charge in [0.1, 0.15) is 11.6 Å². The van der Waals surface area contributed by atoms with Gasteiger partial charge < -0.3 is 10.6 Å². The number of hydrogen-bond donors (Lipinski definition) is 2. The van der Waals surface area contributed by atoms with E-state index < -0.39 is 0 Å². The first-order valence-electron chi connectivity index (χ1n) is 10.6. The molecular weight excluding hydrogens is 384 g/mol. The van der Waals surface area contributed by atoms with Gasteiger partial charge in [0, 0.05) is 34.1 Å². The van der Waals surface area contributed by atoms with Crippen molar-refractivity contribution in [3.63, 3.8) is 0 Å². The molecule has 0 spiro atoms. The molecule has 0 unspecified atom stereocenters. The highest BCUT2D eigenvalue weighted by Gasteiger charge is 2.18. The topological polar surface area (TPSA) is 66.9 Å². The number of aromatic nitrogens is 2. The van der Waals surface area contributed by atoms with Crippen LogP contribution in [0.3, 0.4) is 0 Å². The van der Waals surface area contributed by atoms with E-state index in [1.165, 1.54) is 5.56 Å². The zero-order valence-electron chi connectivity index (χ0n) is 19.5. The minimum Gasteiger partial charge on any atom is -0.340 e. The number of nitrogens with one attached hydrogen (secondary N) is 2. The Morgan fingerprint density at radius 1 is 0.774 bits per heavy atom. The van der Waals surface area contributed by atoms with Crippen molar-refractivity contribution in [3.8, 4) is 0 Å². The van der Waals surface area contributed by atoms with E-state index in [-0.39, 0.29) is 16.7 Å². The molecule has 1 aromatic heterocycles. The summed E-state index contributed by atoms with van der Waals surface area (Å²) in [5.74, 6) is 1.44. The number of benzene rings is 2. The van der Waals surface area contributed by atoms with Crippen LogP contribution in [0, 0.1) is 6.92 Å². The van der Waals surface area contributed by atoms with Crippen molar-refractivity contribution < 1.29 is 4.79 Å². The Hall–Kier alpha value is -3.21. The highest BCUT2D eigenvalue weighted by Crippen LogP contribution is 2.24. The van der Waals surface area contributed by atoms with Gasteiger partial charge in [0.25, 0.3) is 5.91 Å². The predicted octanol–water partition coefficient (Wildman–Crippen LogP) is 6.38. The molecule has 3 aromatic rings. The molecule has 0 radical (unpaired) electrons. The quantitative estimate of drug-likeness (QED) is 0.518. The number of anilines is 3. The number of hydrogen-bond acceptors (Lipinski definition) is 4. The van der Waals surface area contributed by atoms with Gasteiger partial charge in [-0.3, -0.25) is 4.79 Å². The molecule has 0 saturated carbocycles. The number of amides is 1. The summed E-state index contributed by atoms with van der Waals surface area (Å²) in [5, 5.41) is 6.28. The highest BCUT2D eigenvalue weighted by molar-refractivity contribution is 6.04. The van der Waals surface area contributed by atoms with Crippen molar-refractivity contribution in [3.05, 3.63) is 77.2 Å². The number of carbonyl (C=O) groups excluding carboxylic acids is 1. The van der Waals surface area contributed by atoms with Gasteiger partial charge in [0.2, 0.25) is 0 Å². The Kier molecular flexibility index (Phi) is 6.16. The second-order valence-corrected chi connectivity index (χ2v) is 9.95. The second kappa shape index (κ2) is 8.50. The lowest BCUT2D eigenvalue weighted by atomic mass is 9.87. The van der Waals surface area contributed by atoms with E-state index >= 15 is 0 Å². The van der Waals surface area contributed by atoms with E-state index in [2.05, 4.69) is 62.1 Å². The van der Waals surface area contributed by atoms with Gasteiger partial charge >= 0.3 is 0 Å². The maximum absolute atomic E-state index is 12.6. The maximum Gasteiger partial charge on any atom is 0.255 e. The van der Waals surface area contributed by atoms with Gasteiger partial charge in [-0.25, -0.2) is 9.97 Å². The Labute approximate surface area is 185 Å². The molecule has 0 bridgehead atoms. The van der Waals surface area contributed by atoms with Crippen LogP contribution in [0.1, 0.15) is 69.0 Å². The molecule has 0 aliphatic carbocycles. The molecule has 3 rings (SSSR count). The van der Waals surface area contributed by atoms with Crippen molar-refractivity contribution in [1.29, 1.82) is 0 Å². The van der Waals surface area contributed by atoms with Gasteiger partial charge in [-0.05, 0) is 54.3 Å². The third-order valence-corrected chi connectivity index (χ3v) is 4.95. The minimum atomic E-state index is -0.123. The zero-order valence-corrected chi connectivity index (χ0v) is 19.5. The molecule has 0 fully saturated rings. The van der Waals surface area contributed by atoms with Crippen molar-refractivity contribution >= 4 is 23.1 Å². The smallest absolute Gasteiger partial charge is 0.255 e. The standard InChI is InChI=1S/C26H32N4O/c1-17-16-22(30-24(27-17)26(5,6)7)28-20-12-14-21(15-13-20)29-23(31)18-8-10-19(11-9-18)25(2,3)4/h8-16H,1-7H3,(H,29,31)(H,27,28,30). The van der Waals surface area contributed by atoms with Gasteiger partial charge in [-0.2, -0.15) is 0 Å². The largest absolute Gasteiger partial charge is 0.340 e. The molecule has 0 aliphatic heterocycles. The number of aryl methyl sites for hydroxylation is 1. The molecule has 0 saturated heterocycles. The second-order valence-electron chi connectivity index (χ2n) is 9.95. The van der Waals surface area contributed by atoms with Gasteiger partial charge in [-0.15, -0.1) is 0 Å². The van der Waals surface area contributed by atoms with Gasteiger partial charge in [0.15, 0.2) is 0 Å². The molecule has 162 valence electrons.